The third kappa shape index (κ3) is 2.66. The van der Waals surface area contributed by atoms with Crippen molar-refractivity contribution >= 4 is 29.0 Å². The minimum Gasteiger partial charge on any atom is -0.362 e. The lowest BCUT2D eigenvalue weighted by Crippen LogP contribution is -2.43. The molecule has 0 spiro atoms. The van der Waals surface area contributed by atoms with E-state index < -0.39 is 0 Å². The van der Waals surface area contributed by atoms with Crippen molar-refractivity contribution in [2.75, 3.05) is 5.32 Å². The first-order valence-corrected chi connectivity index (χ1v) is 6.63. The summed E-state index contributed by atoms with van der Waals surface area (Å²) in [6.45, 7) is 0. The molecule has 1 aliphatic rings. The van der Waals surface area contributed by atoms with Crippen LogP contribution in [0.15, 0.2) is 60.7 Å². The molecule has 0 aromatic heterocycles. The predicted octanol–water partition coefficient (Wildman–Crippen LogP) is 3.42. The second-order valence-electron chi connectivity index (χ2n) is 4.41. The van der Waals surface area contributed by atoms with E-state index in [2.05, 4.69) is 34.9 Å². The molecule has 1 heterocycles. The maximum absolute atomic E-state index is 5.38. The molecule has 94 valence electrons. The topological polar surface area (TPSA) is 24.1 Å². The van der Waals surface area contributed by atoms with Crippen LogP contribution in [-0.4, -0.2) is 11.2 Å². The summed E-state index contributed by atoms with van der Waals surface area (Å²) >= 11 is 5.38. The number of benzene rings is 2. The van der Waals surface area contributed by atoms with E-state index in [1.54, 1.807) is 0 Å². The van der Waals surface area contributed by atoms with Crippen molar-refractivity contribution < 1.29 is 0 Å². The zero-order chi connectivity index (χ0) is 13.1. The van der Waals surface area contributed by atoms with Crippen molar-refractivity contribution in [1.29, 1.82) is 0 Å². The number of anilines is 1. The number of rotatable bonds is 2. The van der Waals surface area contributed by atoms with Gasteiger partial charge in [-0.3, -0.25) is 0 Å². The number of para-hydroxylation sites is 1. The monoisotopic (exact) mass is 266 g/mol. The number of hydrogen-bond acceptors (Lipinski definition) is 2. The van der Waals surface area contributed by atoms with E-state index in [0.717, 1.165) is 16.2 Å². The highest BCUT2D eigenvalue weighted by molar-refractivity contribution is 7.80. The Morgan fingerprint density at radius 3 is 2.47 bits per heavy atom. The average molecular weight is 266 g/mol. The molecule has 0 unspecified atom stereocenters. The van der Waals surface area contributed by atoms with E-state index in [0.29, 0.717) is 0 Å². The van der Waals surface area contributed by atoms with E-state index in [-0.39, 0.29) is 6.17 Å². The summed E-state index contributed by atoms with van der Waals surface area (Å²) in [4.78, 5) is 0.789. The summed E-state index contributed by atoms with van der Waals surface area (Å²) in [6, 6.07) is 18.3. The molecule has 2 nitrogen and oxygen atoms in total. The van der Waals surface area contributed by atoms with E-state index >= 15 is 0 Å². The van der Waals surface area contributed by atoms with Crippen LogP contribution in [0.4, 0.5) is 5.69 Å². The summed E-state index contributed by atoms with van der Waals surface area (Å²) in [7, 11) is 0. The molecule has 2 N–H and O–H groups in total. The van der Waals surface area contributed by atoms with Crippen molar-refractivity contribution in [1.82, 2.24) is 5.32 Å². The van der Waals surface area contributed by atoms with Crippen LogP contribution >= 0.6 is 12.2 Å². The molecule has 2 aromatic carbocycles. The van der Waals surface area contributed by atoms with Crippen molar-refractivity contribution in [3.63, 3.8) is 0 Å². The highest BCUT2D eigenvalue weighted by Crippen LogP contribution is 2.20. The molecule has 0 saturated carbocycles. The van der Waals surface area contributed by atoms with Gasteiger partial charge in [-0.2, -0.15) is 0 Å². The predicted molar refractivity (Wildman–Crippen MR) is 84.2 cm³/mol. The molecule has 0 amide bonds. The van der Waals surface area contributed by atoms with Gasteiger partial charge in [0, 0.05) is 11.3 Å². The average Bonchev–Trinajstić information content (AvgIpc) is 2.46. The van der Waals surface area contributed by atoms with Gasteiger partial charge in [-0.25, -0.2) is 0 Å². The minimum absolute atomic E-state index is 0.0302. The van der Waals surface area contributed by atoms with Crippen LogP contribution in [0.3, 0.4) is 0 Å². The van der Waals surface area contributed by atoms with Crippen molar-refractivity contribution in [3.8, 4) is 0 Å². The Morgan fingerprint density at radius 2 is 1.63 bits per heavy atom. The maximum atomic E-state index is 5.38. The number of nitrogens with one attached hydrogen (secondary N) is 2. The second kappa shape index (κ2) is 5.24. The number of fused-ring (bicyclic) bond motifs is 1. The second-order valence-corrected chi connectivity index (χ2v) is 4.82. The molecular weight excluding hydrogens is 252 g/mol. The Labute approximate surface area is 118 Å². The van der Waals surface area contributed by atoms with Gasteiger partial charge < -0.3 is 10.6 Å². The molecule has 3 rings (SSSR count). The van der Waals surface area contributed by atoms with Gasteiger partial charge in [0.05, 0.1) is 0 Å². The summed E-state index contributed by atoms with van der Waals surface area (Å²) in [5, 5.41) is 6.69. The Bertz CT molecular complexity index is 620. The van der Waals surface area contributed by atoms with Gasteiger partial charge in [0.15, 0.2) is 0 Å². The lowest BCUT2D eigenvalue weighted by molar-refractivity contribution is 0.819. The number of hydrogen-bond donors (Lipinski definition) is 2. The van der Waals surface area contributed by atoms with Gasteiger partial charge in [-0.15, -0.1) is 0 Å². The smallest absolute Gasteiger partial charge is 0.117 e. The molecular formula is C16H14N2S. The fourth-order valence-corrected chi connectivity index (χ4v) is 2.40. The van der Waals surface area contributed by atoms with Crippen LogP contribution in [0, 0.1) is 0 Å². The van der Waals surface area contributed by atoms with Crippen molar-refractivity contribution in [2.45, 2.75) is 6.17 Å². The SMILES string of the molecule is S=C1N[C@H](/C=C\c2ccccc2)Nc2ccccc21. The standard InChI is InChI=1S/C16H14N2S/c19-16-13-8-4-5-9-14(13)17-15(18-16)11-10-12-6-2-1-3-7-12/h1-11,15,17H,(H,18,19)/b11-10-/t15-/m1/s1. The Hall–Kier alpha value is -2.13. The van der Waals surface area contributed by atoms with E-state index in [1.165, 1.54) is 5.56 Å². The molecule has 0 bridgehead atoms. The molecule has 0 aliphatic carbocycles. The first-order valence-electron chi connectivity index (χ1n) is 6.22. The Balaban J connectivity index is 1.79. The maximum Gasteiger partial charge on any atom is 0.117 e. The highest BCUT2D eigenvalue weighted by atomic mass is 32.1. The third-order valence-electron chi connectivity index (χ3n) is 3.05. The van der Waals surface area contributed by atoms with Crippen LogP contribution in [0.5, 0.6) is 0 Å². The fraction of sp³-hybridized carbons (Fsp3) is 0.0625. The van der Waals surface area contributed by atoms with Crippen LogP contribution in [-0.2, 0) is 0 Å². The number of thiocarbonyl (C=S) groups is 1. The molecule has 19 heavy (non-hydrogen) atoms. The van der Waals surface area contributed by atoms with Crippen LogP contribution < -0.4 is 10.6 Å². The Morgan fingerprint density at radius 1 is 0.895 bits per heavy atom. The summed E-state index contributed by atoms with van der Waals surface area (Å²) in [5.41, 5.74) is 3.31. The van der Waals surface area contributed by atoms with Gasteiger partial charge in [0.2, 0.25) is 0 Å². The molecule has 0 saturated heterocycles. The normalized spacial score (nSPS) is 17.7. The largest absolute Gasteiger partial charge is 0.362 e. The highest BCUT2D eigenvalue weighted by Gasteiger charge is 2.17. The van der Waals surface area contributed by atoms with Gasteiger partial charge in [0.25, 0.3) is 0 Å². The fourth-order valence-electron chi connectivity index (χ4n) is 2.10. The molecule has 3 heteroatoms. The van der Waals surface area contributed by atoms with E-state index in [1.807, 2.05) is 42.5 Å². The quantitative estimate of drug-likeness (QED) is 0.815. The summed E-state index contributed by atoms with van der Waals surface area (Å²) in [5.74, 6) is 0. The molecule has 1 aliphatic heterocycles. The zero-order valence-corrected chi connectivity index (χ0v) is 11.2. The van der Waals surface area contributed by atoms with Gasteiger partial charge in [-0.05, 0) is 23.8 Å². The van der Waals surface area contributed by atoms with Gasteiger partial charge in [-0.1, -0.05) is 60.8 Å². The van der Waals surface area contributed by atoms with Crippen molar-refractivity contribution in [3.05, 3.63) is 71.8 Å². The van der Waals surface area contributed by atoms with E-state index in [4.69, 9.17) is 12.2 Å². The lowest BCUT2D eigenvalue weighted by atomic mass is 10.1. The van der Waals surface area contributed by atoms with Crippen LogP contribution in [0.2, 0.25) is 0 Å². The van der Waals surface area contributed by atoms with Crippen LogP contribution in [0.25, 0.3) is 6.08 Å². The first kappa shape index (κ1) is 11.9. The minimum atomic E-state index is 0.0302. The summed E-state index contributed by atoms with van der Waals surface area (Å²) in [6.07, 6.45) is 4.20. The molecule has 1 atom stereocenters. The van der Waals surface area contributed by atoms with Crippen molar-refractivity contribution in [2.24, 2.45) is 0 Å². The molecule has 2 aromatic rings. The lowest BCUT2D eigenvalue weighted by Gasteiger charge is -2.27. The Kier molecular flexibility index (Phi) is 3.29. The third-order valence-corrected chi connectivity index (χ3v) is 3.39. The van der Waals surface area contributed by atoms with Gasteiger partial charge in [0.1, 0.15) is 11.2 Å². The molecule has 0 fully saturated rings. The zero-order valence-electron chi connectivity index (χ0n) is 10.3. The van der Waals surface area contributed by atoms with E-state index in [9.17, 15) is 0 Å². The van der Waals surface area contributed by atoms with Crippen LogP contribution in [0.1, 0.15) is 11.1 Å². The molecule has 0 radical (unpaired) electrons. The van der Waals surface area contributed by atoms with Gasteiger partial charge >= 0.3 is 0 Å². The first-order chi connectivity index (χ1) is 9.33. The summed E-state index contributed by atoms with van der Waals surface area (Å²) < 4.78 is 0.